The number of hydrogen-bond donors (Lipinski definition) is 2. The first-order valence-electron chi connectivity index (χ1n) is 7.40. The molecule has 1 aromatic carbocycles. The Hall–Kier alpha value is -1.85. The van der Waals surface area contributed by atoms with Gasteiger partial charge in [0.25, 0.3) is 0 Å². The average molecular weight is 319 g/mol. The molecule has 0 saturated carbocycles. The van der Waals surface area contributed by atoms with Gasteiger partial charge in [-0.15, -0.1) is 0 Å². The van der Waals surface area contributed by atoms with Crippen molar-refractivity contribution in [2.45, 2.75) is 19.4 Å². The number of carbonyl (C=O) groups excluding carboxylic acids is 1. The van der Waals surface area contributed by atoms with E-state index in [1.807, 2.05) is 42.2 Å². The van der Waals surface area contributed by atoms with E-state index in [2.05, 4.69) is 15.5 Å². The van der Waals surface area contributed by atoms with E-state index < -0.39 is 0 Å². The lowest BCUT2D eigenvalue weighted by Crippen LogP contribution is -2.49. The molecule has 2 aromatic rings. The molecular formula is C16H19ClN4O. The number of halogens is 1. The minimum atomic E-state index is 0.0139. The van der Waals surface area contributed by atoms with Crippen LogP contribution >= 0.6 is 11.6 Å². The summed E-state index contributed by atoms with van der Waals surface area (Å²) in [5, 5.41) is 11.1. The summed E-state index contributed by atoms with van der Waals surface area (Å²) in [5.41, 5.74) is 2.81. The van der Waals surface area contributed by atoms with Crippen LogP contribution in [-0.4, -0.2) is 40.6 Å². The van der Waals surface area contributed by atoms with Gasteiger partial charge in [0.2, 0.25) is 5.91 Å². The van der Waals surface area contributed by atoms with Crippen molar-refractivity contribution < 1.29 is 4.79 Å². The van der Waals surface area contributed by atoms with Crippen LogP contribution in [0.4, 0.5) is 0 Å². The fraction of sp³-hybridized carbons (Fsp3) is 0.375. The molecular weight excluding hydrogens is 300 g/mol. The van der Waals surface area contributed by atoms with Gasteiger partial charge < -0.3 is 10.2 Å². The molecule has 0 radical (unpaired) electrons. The molecule has 0 spiro atoms. The van der Waals surface area contributed by atoms with Gasteiger partial charge in [-0.2, -0.15) is 5.10 Å². The quantitative estimate of drug-likeness (QED) is 0.911. The van der Waals surface area contributed by atoms with Gasteiger partial charge in [0.05, 0.1) is 18.2 Å². The zero-order chi connectivity index (χ0) is 15.5. The Bertz CT molecular complexity index is 670. The third kappa shape index (κ3) is 3.31. The summed E-state index contributed by atoms with van der Waals surface area (Å²) in [7, 11) is 0. The van der Waals surface area contributed by atoms with Crippen LogP contribution in [0.2, 0.25) is 5.02 Å². The lowest BCUT2D eigenvalue weighted by molar-refractivity contribution is -0.133. The van der Waals surface area contributed by atoms with Crippen LogP contribution in [0.1, 0.15) is 23.0 Å². The van der Waals surface area contributed by atoms with E-state index in [0.29, 0.717) is 18.0 Å². The molecule has 1 atom stereocenters. The maximum atomic E-state index is 12.7. The van der Waals surface area contributed by atoms with Gasteiger partial charge in [-0.3, -0.25) is 9.89 Å². The van der Waals surface area contributed by atoms with Crippen LogP contribution in [0.15, 0.2) is 30.3 Å². The maximum Gasteiger partial charge on any atom is 0.229 e. The molecule has 1 saturated heterocycles. The molecule has 0 aliphatic carbocycles. The molecule has 1 aliphatic rings. The fourth-order valence-corrected chi connectivity index (χ4v) is 3.03. The first-order chi connectivity index (χ1) is 10.6. The lowest BCUT2D eigenvalue weighted by atomic mass is 10.0. The van der Waals surface area contributed by atoms with Gasteiger partial charge in [-0.25, -0.2) is 0 Å². The Morgan fingerprint density at radius 3 is 3.05 bits per heavy atom. The molecule has 1 unspecified atom stereocenters. The summed E-state index contributed by atoms with van der Waals surface area (Å²) in [5.74, 6) is 0.0953. The number of nitrogens with zero attached hydrogens (tertiary/aromatic N) is 2. The number of benzene rings is 1. The highest BCUT2D eigenvalue weighted by Crippen LogP contribution is 2.25. The zero-order valence-electron chi connectivity index (χ0n) is 12.5. The Morgan fingerprint density at radius 2 is 2.32 bits per heavy atom. The number of nitrogens with one attached hydrogen (secondary N) is 2. The second-order valence-corrected chi connectivity index (χ2v) is 6.02. The summed E-state index contributed by atoms with van der Waals surface area (Å²) in [4.78, 5) is 14.6. The highest BCUT2D eigenvalue weighted by molar-refractivity contribution is 6.30. The minimum Gasteiger partial charge on any atom is -0.333 e. The summed E-state index contributed by atoms with van der Waals surface area (Å²) in [6, 6.07) is 9.64. The third-order valence-electron chi connectivity index (χ3n) is 3.89. The predicted molar refractivity (Wildman–Crippen MR) is 85.8 cm³/mol. The number of carbonyl (C=O) groups is 1. The Kier molecular flexibility index (Phi) is 4.45. The molecule has 1 aromatic heterocycles. The van der Waals surface area contributed by atoms with E-state index >= 15 is 0 Å². The molecule has 5 nitrogen and oxygen atoms in total. The molecule has 1 amide bonds. The van der Waals surface area contributed by atoms with Crippen molar-refractivity contribution in [3.05, 3.63) is 52.3 Å². The van der Waals surface area contributed by atoms with Crippen LogP contribution < -0.4 is 5.32 Å². The van der Waals surface area contributed by atoms with Crippen molar-refractivity contribution in [3.63, 3.8) is 0 Å². The van der Waals surface area contributed by atoms with E-state index in [-0.39, 0.29) is 11.9 Å². The molecule has 6 heteroatoms. The largest absolute Gasteiger partial charge is 0.333 e. The Balaban J connectivity index is 1.78. The highest BCUT2D eigenvalue weighted by Gasteiger charge is 2.28. The number of aryl methyl sites for hydroxylation is 1. The van der Waals surface area contributed by atoms with Gasteiger partial charge in [0.1, 0.15) is 0 Å². The van der Waals surface area contributed by atoms with Crippen LogP contribution in [0.3, 0.4) is 0 Å². The molecule has 2 heterocycles. The molecule has 0 bridgehead atoms. The number of aromatic nitrogens is 2. The summed E-state index contributed by atoms with van der Waals surface area (Å²) >= 11 is 6.09. The summed E-state index contributed by atoms with van der Waals surface area (Å²) < 4.78 is 0. The fourth-order valence-electron chi connectivity index (χ4n) is 2.84. The average Bonchev–Trinajstić information content (AvgIpc) is 2.92. The molecule has 1 fully saturated rings. The number of rotatable bonds is 3. The van der Waals surface area contributed by atoms with Gasteiger partial charge in [-0.05, 0) is 30.7 Å². The summed E-state index contributed by atoms with van der Waals surface area (Å²) in [6.07, 6.45) is 0.321. The van der Waals surface area contributed by atoms with Crippen molar-refractivity contribution in [2.75, 3.05) is 19.6 Å². The van der Waals surface area contributed by atoms with Crippen LogP contribution in [-0.2, 0) is 11.2 Å². The first kappa shape index (κ1) is 15.1. The smallest absolute Gasteiger partial charge is 0.229 e. The highest BCUT2D eigenvalue weighted by atomic mass is 35.5. The first-order valence-corrected chi connectivity index (χ1v) is 7.78. The lowest BCUT2D eigenvalue weighted by Gasteiger charge is -2.36. The maximum absolute atomic E-state index is 12.7. The standard InChI is InChI=1S/C16H19ClN4O/c1-11-7-14(20-19-11)9-16(22)21-6-5-18-10-15(21)12-3-2-4-13(17)8-12/h2-4,7-8,15,18H,5-6,9-10H2,1H3,(H,19,20). The monoisotopic (exact) mass is 318 g/mol. The molecule has 116 valence electrons. The number of amides is 1. The third-order valence-corrected chi connectivity index (χ3v) is 4.12. The predicted octanol–water partition coefficient (Wildman–Crippen LogP) is 2.09. The second-order valence-electron chi connectivity index (χ2n) is 5.58. The van der Waals surface area contributed by atoms with Crippen molar-refractivity contribution in [1.82, 2.24) is 20.4 Å². The molecule has 3 rings (SSSR count). The van der Waals surface area contributed by atoms with E-state index in [1.54, 1.807) is 0 Å². The van der Waals surface area contributed by atoms with Crippen molar-refractivity contribution in [2.24, 2.45) is 0 Å². The second kappa shape index (κ2) is 6.50. The number of aromatic amines is 1. The van der Waals surface area contributed by atoms with E-state index in [0.717, 1.165) is 30.0 Å². The molecule has 1 aliphatic heterocycles. The van der Waals surface area contributed by atoms with Gasteiger partial charge in [-0.1, -0.05) is 23.7 Å². The number of hydrogen-bond acceptors (Lipinski definition) is 3. The summed E-state index contributed by atoms with van der Waals surface area (Å²) in [6.45, 7) is 4.17. The normalized spacial score (nSPS) is 18.5. The van der Waals surface area contributed by atoms with Crippen LogP contribution in [0.25, 0.3) is 0 Å². The molecule has 22 heavy (non-hydrogen) atoms. The Labute approximate surface area is 134 Å². The number of H-pyrrole nitrogens is 1. The zero-order valence-corrected chi connectivity index (χ0v) is 13.2. The van der Waals surface area contributed by atoms with Crippen molar-refractivity contribution in [3.8, 4) is 0 Å². The van der Waals surface area contributed by atoms with Crippen LogP contribution in [0.5, 0.6) is 0 Å². The van der Waals surface area contributed by atoms with E-state index in [4.69, 9.17) is 11.6 Å². The van der Waals surface area contributed by atoms with E-state index in [9.17, 15) is 4.79 Å². The van der Waals surface area contributed by atoms with Crippen molar-refractivity contribution in [1.29, 1.82) is 0 Å². The SMILES string of the molecule is Cc1cc(CC(=O)N2CCNCC2c2cccc(Cl)c2)n[nH]1. The number of piperazine rings is 1. The van der Waals surface area contributed by atoms with Crippen molar-refractivity contribution >= 4 is 17.5 Å². The van der Waals surface area contributed by atoms with Crippen LogP contribution in [0, 0.1) is 6.92 Å². The van der Waals surface area contributed by atoms with Gasteiger partial charge in [0.15, 0.2) is 0 Å². The minimum absolute atomic E-state index is 0.0139. The van der Waals surface area contributed by atoms with Gasteiger partial charge >= 0.3 is 0 Å². The van der Waals surface area contributed by atoms with E-state index in [1.165, 1.54) is 0 Å². The Morgan fingerprint density at radius 1 is 1.45 bits per heavy atom. The van der Waals surface area contributed by atoms with Gasteiger partial charge in [0, 0.05) is 30.4 Å². The topological polar surface area (TPSA) is 61.0 Å². The molecule has 2 N–H and O–H groups in total.